The molecule has 2 aromatic carbocycles. The van der Waals surface area contributed by atoms with Gasteiger partial charge in [0.25, 0.3) is 5.91 Å². The van der Waals surface area contributed by atoms with E-state index < -0.39 is 23.8 Å². The molecule has 0 unspecified atom stereocenters. The predicted molar refractivity (Wildman–Crippen MR) is 94.2 cm³/mol. The second-order valence-electron chi connectivity index (χ2n) is 5.66. The fourth-order valence-corrected chi connectivity index (χ4v) is 3.02. The predicted octanol–water partition coefficient (Wildman–Crippen LogP) is 4.65. The van der Waals surface area contributed by atoms with Crippen LogP contribution in [-0.2, 0) is 7.05 Å². The molecule has 0 aliphatic carbocycles. The topological polar surface area (TPSA) is 47.4 Å². The van der Waals surface area contributed by atoms with Crippen LogP contribution in [0.5, 0.6) is 5.75 Å². The molecule has 0 saturated carbocycles. The molecule has 1 heterocycles. The number of benzene rings is 2. The van der Waals surface area contributed by atoms with Crippen LogP contribution in [0.1, 0.15) is 10.5 Å². The van der Waals surface area contributed by atoms with Gasteiger partial charge < -0.3 is 9.64 Å². The van der Waals surface area contributed by atoms with Crippen molar-refractivity contribution in [3.8, 4) is 5.75 Å². The summed E-state index contributed by atoms with van der Waals surface area (Å²) in [5, 5.41) is 4.16. The van der Waals surface area contributed by atoms with E-state index in [2.05, 4.69) is 25.8 Å². The highest BCUT2D eigenvalue weighted by atomic mass is 79.9. The zero-order valence-electron chi connectivity index (χ0n) is 14.0. The SMILES string of the molecule is CN(C(=O)c1nn(C)c2cc(Br)cc(F)c12)c1ccc(OC(F)(F)F)cc1. The number of rotatable bonds is 3. The fraction of sp³-hybridized carbons (Fsp3) is 0.176. The largest absolute Gasteiger partial charge is 0.573 e. The van der Waals surface area contributed by atoms with Gasteiger partial charge in [-0.3, -0.25) is 9.48 Å². The number of ether oxygens (including phenoxy) is 1. The minimum atomic E-state index is -4.80. The number of aryl methyl sites for hydroxylation is 1. The molecular formula is C17H12BrF4N3O2. The van der Waals surface area contributed by atoms with Gasteiger partial charge in [-0.25, -0.2) is 4.39 Å². The number of carbonyl (C=O) groups is 1. The van der Waals surface area contributed by atoms with Crippen molar-refractivity contribution in [2.45, 2.75) is 6.36 Å². The van der Waals surface area contributed by atoms with E-state index in [0.717, 1.165) is 12.1 Å². The normalized spacial score (nSPS) is 11.7. The van der Waals surface area contributed by atoms with Gasteiger partial charge in [0.05, 0.1) is 10.9 Å². The molecule has 0 aliphatic rings. The summed E-state index contributed by atoms with van der Waals surface area (Å²) < 4.78 is 56.8. The van der Waals surface area contributed by atoms with Crippen LogP contribution in [-0.4, -0.2) is 29.1 Å². The van der Waals surface area contributed by atoms with Gasteiger partial charge in [-0.05, 0) is 36.4 Å². The number of anilines is 1. The first kappa shape index (κ1) is 19.2. The van der Waals surface area contributed by atoms with Gasteiger partial charge in [0.2, 0.25) is 0 Å². The molecule has 5 nitrogen and oxygen atoms in total. The average Bonchev–Trinajstić information content (AvgIpc) is 2.90. The summed E-state index contributed by atoms with van der Waals surface area (Å²) in [5.41, 5.74) is 0.619. The molecule has 1 aromatic heterocycles. The quantitative estimate of drug-likeness (QED) is 0.551. The molecule has 3 aromatic rings. The Bertz CT molecular complexity index is 1020. The van der Waals surface area contributed by atoms with E-state index in [1.54, 1.807) is 13.1 Å². The van der Waals surface area contributed by atoms with Gasteiger partial charge >= 0.3 is 6.36 Å². The van der Waals surface area contributed by atoms with Gasteiger partial charge in [-0.1, -0.05) is 15.9 Å². The number of halogens is 5. The van der Waals surface area contributed by atoms with Gasteiger partial charge in [0.1, 0.15) is 11.6 Å². The Balaban J connectivity index is 1.93. The molecule has 142 valence electrons. The zero-order valence-corrected chi connectivity index (χ0v) is 15.6. The number of carbonyl (C=O) groups excluding carboxylic acids is 1. The van der Waals surface area contributed by atoms with Crippen molar-refractivity contribution in [2.24, 2.45) is 7.05 Å². The molecule has 10 heteroatoms. The van der Waals surface area contributed by atoms with Gasteiger partial charge in [-0.2, -0.15) is 5.10 Å². The van der Waals surface area contributed by atoms with Crippen LogP contribution in [0.2, 0.25) is 0 Å². The third kappa shape index (κ3) is 3.90. The number of alkyl halides is 3. The van der Waals surface area contributed by atoms with Crippen molar-refractivity contribution >= 4 is 38.4 Å². The maximum absolute atomic E-state index is 14.4. The highest BCUT2D eigenvalue weighted by Gasteiger charge is 2.31. The molecule has 0 saturated heterocycles. The molecule has 0 bridgehead atoms. The highest BCUT2D eigenvalue weighted by Crippen LogP contribution is 2.29. The van der Waals surface area contributed by atoms with Crippen LogP contribution in [0.15, 0.2) is 40.9 Å². The van der Waals surface area contributed by atoms with Gasteiger partial charge in [0.15, 0.2) is 5.69 Å². The number of nitrogens with zero attached hydrogens (tertiary/aromatic N) is 3. The van der Waals surface area contributed by atoms with Crippen molar-refractivity contribution < 1.29 is 27.1 Å². The molecule has 0 spiro atoms. The van der Waals surface area contributed by atoms with Crippen LogP contribution in [0.25, 0.3) is 10.9 Å². The first-order valence-electron chi connectivity index (χ1n) is 7.52. The van der Waals surface area contributed by atoms with Crippen LogP contribution in [0.3, 0.4) is 0 Å². The lowest BCUT2D eigenvalue weighted by Gasteiger charge is -2.17. The Hall–Kier alpha value is -2.62. The summed E-state index contributed by atoms with van der Waals surface area (Å²) in [5.74, 6) is -1.63. The number of amides is 1. The summed E-state index contributed by atoms with van der Waals surface area (Å²) in [6.45, 7) is 0. The summed E-state index contributed by atoms with van der Waals surface area (Å²) in [6.07, 6.45) is -4.80. The van der Waals surface area contributed by atoms with Crippen LogP contribution in [0, 0.1) is 5.82 Å². The lowest BCUT2D eigenvalue weighted by molar-refractivity contribution is -0.274. The molecule has 27 heavy (non-hydrogen) atoms. The molecule has 0 N–H and O–H groups in total. The van der Waals surface area contributed by atoms with E-state index in [9.17, 15) is 22.4 Å². The molecule has 0 aliphatic heterocycles. The van der Waals surface area contributed by atoms with Crippen LogP contribution in [0.4, 0.5) is 23.2 Å². The van der Waals surface area contributed by atoms with Crippen molar-refractivity contribution in [3.05, 3.63) is 52.4 Å². The van der Waals surface area contributed by atoms with Gasteiger partial charge in [-0.15, -0.1) is 13.2 Å². The third-order valence-electron chi connectivity index (χ3n) is 3.83. The first-order valence-corrected chi connectivity index (χ1v) is 8.32. The Labute approximate surface area is 159 Å². The fourth-order valence-electron chi connectivity index (χ4n) is 2.60. The Morgan fingerprint density at radius 1 is 1.22 bits per heavy atom. The number of aromatic nitrogens is 2. The zero-order chi connectivity index (χ0) is 19.9. The number of fused-ring (bicyclic) bond motifs is 1. The molecule has 3 rings (SSSR count). The van der Waals surface area contributed by atoms with Crippen molar-refractivity contribution in [3.63, 3.8) is 0 Å². The molecule has 0 radical (unpaired) electrons. The lowest BCUT2D eigenvalue weighted by atomic mass is 10.1. The summed E-state index contributed by atoms with van der Waals surface area (Å²) in [6, 6.07) is 7.60. The maximum Gasteiger partial charge on any atom is 0.573 e. The first-order chi connectivity index (χ1) is 12.6. The third-order valence-corrected chi connectivity index (χ3v) is 4.29. The smallest absolute Gasteiger partial charge is 0.406 e. The molecular weight excluding hydrogens is 434 g/mol. The number of hydrogen-bond donors (Lipinski definition) is 0. The average molecular weight is 446 g/mol. The van der Waals surface area contributed by atoms with Crippen molar-refractivity contribution in [1.29, 1.82) is 0 Å². The van der Waals surface area contributed by atoms with Gasteiger partial charge in [0, 0.05) is 24.3 Å². The lowest BCUT2D eigenvalue weighted by Crippen LogP contribution is -2.27. The second kappa shape index (κ2) is 6.84. The standard InChI is InChI=1S/C17H12BrF4N3O2/c1-24(10-3-5-11(6-4-10)27-17(20,21)22)16(26)15-14-12(19)7-9(18)8-13(14)25(2)23-15/h3-8H,1-2H3. The summed E-state index contributed by atoms with van der Waals surface area (Å²) >= 11 is 3.19. The number of hydrogen-bond acceptors (Lipinski definition) is 3. The van der Waals surface area contributed by atoms with E-state index in [1.165, 1.54) is 34.8 Å². The van der Waals surface area contributed by atoms with E-state index >= 15 is 0 Å². The van der Waals surface area contributed by atoms with Crippen molar-refractivity contribution in [2.75, 3.05) is 11.9 Å². The molecule has 0 atom stereocenters. The molecule has 1 amide bonds. The van der Waals surface area contributed by atoms with E-state index in [0.29, 0.717) is 15.7 Å². The summed E-state index contributed by atoms with van der Waals surface area (Å²) in [7, 11) is 2.99. The van der Waals surface area contributed by atoms with E-state index in [-0.39, 0.29) is 11.1 Å². The van der Waals surface area contributed by atoms with E-state index in [1.807, 2.05) is 0 Å². The monoisotopic (exact) mass is 445 g/mol. The second-order valence-corrected chi connectivity index (χ2v) is 6.58. The Kier molecular flexibility index (Phi) is 4.85. The Morgan fingerprint density at radius 2 is 1.85 bits per heavy atom. The molecule has 0 fully saturated rings. The minimum Gasteiger partial charge on any atom is -0.406 e. The van der Waals surface area contributed by atoms with Crippen LogP contribution >= 0.6 is 15.9 Å². The maximum atomic E-state index is 14.4. The van der Waals surface area contributed by atoms with E-state index in [4.69, 9.17) is 0 Å². The summed E-state index contributed by atoms with van der Waals surface area (Å²) in [4.78, 5) is 14.0. The minimum absolute atomic E-state index is 0.0644. The van der Waals surface area contributed by atoms with Crippen molar-refractivity contribution in [1.82, 2.24) is 9.78 Å². The highest BCUT2D eigenvalue weighted by molar-refractivity contribution is 9.10. The Morgan fingerprint density at radius 3 is 2.44 bits per heavy atom. The van der Waals surface area contributed by atoms with Crippen LogP contribution < -0.4 is 9.64 Å².